The highest BCUT2D eigenvalue weighted by molar-refractivity contribution is 7.99. The van der Waals surface area contributed by atoms with Gasteiger partial charge < -0.3 is 10.1 Å². The molecule has 1 N–H and O–H groups in total. The number of aryl methyl sites for hydroxylation is 2. The van der Waals surface area contributed by atoms with Crippen molar-refractivity contribution in [2.45, 2.75) is 24.8 Å². The molecule has 2 aromatic rings. The summed E-state index contributed by atoms with van der Waals surface area (Å²) < 4.78 is 5.31. The summed E-state index contributed by atoms with van der Waals surface area (Å²) in [7, 11) is 3.71. The first kappa shape index (κ1) is 15.9. The van der Waals surface area contributed by atoms with Crippen LogP contribution < -0.4 is 10.1 Å². The van der Waals surface area contributed by atoms with Crippen LogP contribution in [0.3, 0.4) is 0 Å². The number of thioether (sulfide) groups is 1. The molecule has 112 valence electrons. The van der Waals surface area contributed by atoms with Gasteiger partial charge in [-0.25, -0.2) is 0 Å². The van der Waals surface area contributed by atoms with Crippen LogP contribution in [0.1, 0.15) is 22.7 Å². The first-order valence-electron chi connectivity index (χ1n) is 7.15. The standard InChI is InChI=1S/C18H23NOS/c1-13-8-9-18(14(2)10-13)21-12-17(19-3)15-6-5-7-16(11-15)20-4/h5-11,17,19H,12H2,1-4H3. The van der Waals surface area contributed by atoms with Crippen LogP contribution in [0.15, 0.2) is 47.4 Å². The van der Waals surface area contributed by atoms with Crippen molar-refractivity contribution in [2.24, 2.45) is 0 Å². The van der Waals surface area contributed by atoms with Crippen LogP contribution in [0.5, 0.6) is 5.75 Å². The predicted octanol–water partition coefficient (Wildman–Crippen LogP) is 4.36. The number of rotatable bonds is 6. The molecule has 2 aromatic carbocycles. The first-order valence-corrected chi connectivity index (χ1v) is 8.14. The van der Waals surface area contributed by atoms with E-state index in [9.17, 15) is 0 Å². The molecule has 0 amide bonds. The Balaban J connectivity index is 2.08. The van der Waals surface area contributed by atoms with Gasteiger partial charge in [-0.1, -0.05) is 29.8 Å². The van der Waals surface area contributed by atoms with Crippen molar-refractivity contribution < 1.29 is 4.74 Å². The van der Waals surface area contributed by atoms with Gasteiger partial charge in [0.15, 0.2) is 0 Å². The Bertz CT molecular complexity index is 598. The van der Waals surface area contributed by atoms with Crippen LogP contribution in [0.4, 0.5) is 0 Å². The lowest BCUT2D eigenvalue weighted by Gasteiger charge is -2.17. The third kappa shape index (κ3) is 4.26. The van der Waals surface area contributed by atoms with Crippen LogP contribution >= 0.6 is 11.8 Å². The van der Waals surface area contributed by atoms with Gasteiger partial charge in [0.1, 0.15) is 5.75 Å². The zero-order valence-electron chi connectivity index (χ0n) is 13.1. The summed E-state index contributed by atoms with van der Waals surface area (Å²) >= 11 is 1.89. The second-order valence-electron chi connectivity index (χ2n) is 5.20. The van der Waals surface area contributed by atoms with E-state index < -0.39 is 0 Å². The van der Waals surface area contributed by atoms with Gasteiger partial charge >= 0.3 is 0 Å². The van der Waals surface area contributed by atoms with Crippen LogP contribution in [0.25, 0.3) is 0 Å². The highest BCUT2D eigenvalue weighted by Gasteiger charge is 2.11. The van der Waals surface area contributed by atoms with Crippen molar-refractivity contribution in [1.82, 2.24) is 5.32 Å². The molecule has 1 unspecified atom stereocenters. The Morgan fingerprint density at radius 1 is 1.14 bits per heavy atom. The lowest BCUT2D eigenvalue weighted by molar-refractivity contribution is 0.413. The number of nitrogens with one attached hydrogen (secondary N) is 1. The van der Waals surface area contributed by atoms with E-state index in [0.717, 1.165) is 11.5 Å². The average molecular weight is 301 g/mol. The van der Waals surface area contributed by atoms with E-state index in [2.05, 4.69) is 49.5 Å². The summed E-state index contributed by atoms with van der Waals surface area (Å²) in [4.78, 5) is 1.35. The number of benzene rings is 2. The molecule has 0 fully saturated rings. The molecule has 0 saturated heterocycles. The largest absolute Gasteiger partial charge is 0.497 e. The van der Waals surface area contributed by atoms with Crippen LogP contribution in [0.2, 0.25) is 0 Å². The van der Waals surface area contributed by atoms with E-state index in [-0.39, 0.29) is 0 Å². The lowest BCUT2D eigenvalue weighted by atomic mass is 10.1. The van der Waals surface area contributed by atoms with Crippen LogP contribution in [0, 0.1) is 13.8 Å². The van der Waals surface area contributed by atoms with Gasteiger partial charge in [0, 0.05) is 16.7 Å². The Morgan fingerprint density at radius 3 is 2.62 bits per heavy atom. The number of ether oxygens (including phenoxy) is 1. The summed E-state index contributed by atoms with van der Waals surface area (Å²) in [5.74, 6) is 1.90. The Labute approximate surface area is 131 Å². The Kier molecular flexibility index (Phi) is 5.71. The molecule has 0 heterocycles. The third-order valence-electron chi connectivity index (χ3n) is 3.58. The van der Waals surface area contributed by atoms with Crippen LogP contribution in [-0.2, 0) is 0 Å². The predicted molar refractivity (Wildman–Crippen MR) is 91.4 cm³/mol. The zero-order valence-corrected chi connectivity index (χ0v) is 14.0. The highest BCUT2D eigenvalue weighted by atomic mass is 32.2. The molecule has 2 nitrogen and oxygen atoms in total. The SMILES string of the molecule is CNC(CSc1ccc(C)cc1C)c1cccc(OC)c1. The molecule has 0 aromatic heterocycles. The molecule has 1 atom stereocenters. The summed E-state index contributed by atoms with van der Waals surface area (Å²) in [5.41, 5.74) is 3.92. The molecule has 0 aliphatic carbocycles. The fourth-order valence-corrected chi connectivity index (χ4v) is 3.50. The second-order valence-corrected chi connectivity index (χ2v) is 6.26. The molecule has 3 heteroatoms. The van der Waals surface area contributed by atoms with Crippen LogP contribution in [-0.4, -0.2) is 19.9 Å². The second kappa shape index (κ2) is 7.53. The van der Waals surface area contributed by atoms with Gasteiger partial charge in [-0.2, -0.15) is 0 Å². The number of hydrogen-bond donors (Lipinski definition) is 1. The van der Waals surface area contributed by atoms with Gasteiger partial charge in [0.2, 0.25) is 0 Å². The monoisotopic (exact) mass is 301 g/mol. The molecule has 0 saturated carbocycles. The van der Waals surface area contributed by atoms with Gasteiger partial charge in [-0.3, -0.25) is 0 Å². The van der Waals surface area contributed by atoms with E-state index in [1.165, 1.54) is 21.6 Å². The van der Waals surface area contributed by atoms with E-state index in [1.54, 1.807) is 7.11 Å². The number of methoxy groups -OCH3 is 1. The van der Waals surface area contributed by atoms with Crippen molar-refractivity contribution in [1.29, 1.82) is 0 Å². The van der Waals surface area contributed by atoms with E-state index in [4.69, 9.17) is 4.74 Å². The molecule has 0 aliphatic heterocycles. The maximum atomic E-state index is 5.31. The summed E-state index contributed by atoms with van der Waals surface area (Å²) in [6.07, 6.45) is 0. The van der Waals surface area contributed by atoms with Gasteiger partial charge in [0.05, 0.1) is 7.11 Å². The minimum Gasteiger partial charge on any atom is -0.497 e. The minimum absolute atomic E-state index is 0.311. The lowest BCUT2D eigenvalue weighted by Crippen LogP contribution is -2.18. The molecular weight excluding hydrogens is 278 g/mol. The topological polar surface area (TPSA) is 21.3 Å². The van der Waals surface area contributed by atoms with Gasteiger partial charge in [-0.15, -0.1) is 11.8 Å². The van der Waals surface area contributed by atoms with Crippen molar-refractivity contribution in [3.63, 3.8) is 0 Å². The average Bonchev–Trinajstić information content (AvgIpc) is 2.50. The zero-order chi connectivity index (χ0) is 15.2. The Morgan fingerprint density at radius 2 is 1.95 bits per heavy atom. The molecule has 0 aliphatic rings. The summed E-state index contributed by atoms with van der Waals surface area (Å²) in [5, 5.41) is 3.39. The van der Waals surface area contributed by atoms with Crippen molar-refractivity contribution in [3.05, 3.63) is 59.2 Å². The molecule has 2 rings (SSSR count). The first-order chi connectivity index (χ1) is 10.1. The Hall–Kier alpha value is -1.45. The third-order valence-corrected chi connectivity index (χ3v) is 4.85. The maximum Gasteiger partial charge on any atom is 0.119 e. The van der Waals surface area contributed by atoms with Crippen molar-refractivity contribution >= 4 is 11.8 Å². The highest BCUT2D eigenvalue weighted by Crippen LogP contribution is 2.28. The molecule has 0 bridgehead atoms. The van der Waals surface area contributed by atoms with Crippen molar-refractivity contribution in [2.75, 3.05) is 19.9 Å². The minimum atomic E-state index is 0.311. The smallest absolute Gasteiger partial charge is 0.119 e. The molecule has 0 radical (unpaired) electrons. The molecule has 0 spiro atoms. The van der Waals surface area contributed by atoms with Gasteiger partial charge in [0.25, 0.3) is 0 Å². The van der Waals surface area contributed by atoms with E-state index in [0.29, 0.717) is 6.04 Å². The van der Waals surface area contributed by atoms with Crippen molar-refractivity contribution in [3.8, 4) is 5.75 Å². The quantitative estimate of drug-likeness (QED) is 0.801. The summed E-state index contributed by atoms with van der Waals surface area (Å²) in [6.45, 7) is 4.31. The van der Waals surface area contributed by atoms with E-state index in [1.807, 2.05) is 30.9 Å². The number of hydrogen-bond acceptors (Lipinski definition) is 3. The summed E-state index contributed by atoms with van der Waals surface area (Å²) in [6, 6.07) is 15.2. The maximum absolute atomic E-state index is 5.31. The fourth-order valence-electron chi connectivity index (χ4n) is 2.34. The normalized spacial score (nSPS) is 12.2. The van der Waals surface area contributed by atoms with Gasteiger partial charge in [-0.05, 0) is 50.2 Å². The fraction of sp³-hybridized carbons (Fsp3) is 0.333. The molecule has 21 heavy (non-hydrogen) atoms. The van der Waals surface area contributed by atoms with E-state index >= 15 is 0 Å². The molecular formula is C18H23NOS.